The number of benzene rings is 1. The van der Waals surface area contributed by atoms with Gasteiger partial charge >= 0.3 is 6.01 Å². The smallest absolute Gasteiger partial charge is 0.316 e. The Bertz CT molecular complexity index is 760. The third-order valence-electron chi connectivity index (χ3n) is 2.75. The van der Waals surface area contributed by atoms with Crippen LogP contribution in [0.3, 0.4) is 0 Å². The minimum Gasteiger partial charge on any atom is -0.464 e. The van der Waals surface area contributed by atoms with Crippen molar-refractivity contribution in [2.45, 2.75) is 6.92 Å². The van der Waals surface area contributed by atoms with Gasteiger partial charge in [-0.2, -0.15) is 0 Å². The van der Waals surface area contributed by atoms with Gasteiger partial charge in [-0.1, -0.05) is 0 Å². The lowest BCUT2D eigenvalue weighted by Crippen LogP contribution is -2.13. The zero-order valence-electron chi connectivity index (χ0n) is 12.3. The first-order valence-corrected chi connectivity index (χ1v) is 6.60. The van der Waals surface area contributed by atoms with E-state index >= 15 is 0 Å². The van der Waals surface area contributed by atoms with E-state index in [1.54, 1.807) is 6.92 Å². The van der Waals surface area contributed by atoms with Crippen LogP contribution in [0.4, 0.5) is 17.1 Å². The topological polar surface area (TPSA) is 150 Å². The highest BCUT2D eigenvalue weighted by Crippen LogP contribution is 2.23. The summed E-state index contributed by atoms with van der Waals surface area (Å²) < 4.78 is 5.05. The van der Waals surface area contributed by atoms with Gasteiger partial charge in [0.2, 0.25) is 0 Å². The first-order valence-electron chi connectivity index (χ1n) is 6.60. The number of nitrogens with one attached hydrogen (secondary N) is 1. The maximum Gasteiger partial charge on any atom is 0.316 e. The van der Waals surface area contributed by atoms with E-state index < -0.39 is 27.1 Å². The average Bonchev–Trinajstić information content (AvgIpc) is 2.56. The Balaban J connectivity index is 2.25. The van der Waals surface area contributed by atoms with Crippen LogP contribution in [0.15, 0.2) is 30.6 Å². The molecule has 0 aliphatic rings. The fourth-order valence-corrected chi connectivity index (χ4v) is 1.72. The molecule has 0 fully saturated rings. The number of hydrogen-bond acceptors (Lipinski definition) is 8. The van der Waals surface area contributed by atoms with E-state index in [9.17, 15) is 25.0 Å². The molecule has 0 bridgehead atoms. The monoisotopic (exact) mass is 333 g/mol. The van der Waals surface area contributed by atoms with Crippen LogP contribution in [-0.4, -0.2) is 32.3 Å². The van der Waals surface area contributed by atoms with Crippen molar-refractivity contribution in [1.29, 1.82) is 0 Å². The van der Waals surface area contributed by atoms with Gasteiger partial charge in [-0.3, -0.25) is 25.0 Å². The van der Waals surface area contributed by atoms with Gasteiger partial charge in [0.1, 0.15) is 0 Å². The van der Waals surface area contributed by atoms with Gasteiger partial charge in [-0.05, 0) is 6.92 Å². The SMILES string of the molecule is CCOc1ncc(NC(=O)c2cc([N+](=O)[O-])cc([N+](=O)[O-])c2)cn1. The van der Waals surface area contributed by atoms with Crippen LogP contribution in [0, 0.1) is 20.2 Å². The van der Waals surface area contributed by atoms with Gasteiger partial charge in [0.25, 0.3) is 17.3 Å². The summed E-state index contributed by atoms with van der Waals surface area (Å²) in [6.45, 7) is 2.14. The molecule has 2 aromatic rings. The van der Waals surface area contributed by atoms with E-state index in [0.717, 1.165) is 18.2 Å². The Morgan fingerprint density at radius 1 is 1.12 bits per heavy atom. The Morgan fingerprint density at radius 3 is 2.12 bits per heavy atom. The van der Waals surface area contributed by atoms with E-state index in [1.165, 1.54) is 12.4 Å². The lowest BCUT2D eigenvalue weighted by Gasteiger charge is -2.06. The van der Waals surface area contributed by atoms with Crippen molar-refractivity contribution in [3.63, 3.8) is 0 Å². The summed E-state index contributed by atoms with van der Waals surface area (Å²) in [6.07, 6.45) is 2.56. The standard InChI is InChI=1S/C13H11N5O6/c1-2-24-13-14-6-9(7-15-13)16-12(19)8-3-10(17(20)21)5-11(4-8)18(22)23/h3-7H,2H2,1H3,(H,16,19). The van der Waals surface area contributed by atoms with Crippen LogP contribution in [0.25, 0.3) is 0 Å². The first-order chi connectivity index (χ1) is 11.4. The quantitative estimate of drug-likeness (QED) is 0.622. The van der Waals surface area contributed by atoms with E-state index in [0.29, 0.717) is 6.61 Å². The molecule has 1 aromatic heterocycles. The zero-order chi connectivity index (χ0) is 17.7. The Hall–Kier alpha value is -3.63. The summed E-state index contributed by atoms with van der Waals surface area (Å²) in [5.41, 5.74) is -1.14. The normalized spacial score (nSPS) is 10.0. The highest BCUT2D eigenvalue weighted by Gasteiger charge is 2.20. The summed E-state index contributed by atoms with van der Waals surface area (Å²) in [5, 5.41) is 24.0. The minimum absolute atomic E-state index is 0.126. The van der Waals surface area contributed by atoms with E-state index in [2.05, 4.69) is 15.3 Å². The molecule has 1 heterocycles. The fourth-order valence-electron chi connectivity index (χ4n) is 1.72. The third kappa shape index (κ3) is 3.97. The van der Waals surface area contributed by atoms with Crippen molar-refractivity contribution in [3.05, 3.63) is 56.4 Å². The van der Waals surface area contributed by atoms with Crippen molar-refractivity contribution in [3.8, 4) is 6.01 Å². The number of aromatic nitrogens is 2. The number of carbonyl (C=O) groups excluding carboxylic acids is 1. The van der Waals surface area contributed by atoms with Crippen LogP contribution >= 0.6 is 0 Å². The number of anilines is 1. The van der Waals surface area contributed by atoms with Crippen molar-refractivity contribution < 1.29 is 19.4 Å². The molecule has 11 nitrogen and oxygen atoms in total. The Morgan fingerprint density at radius 2 is 1.67 bits per heavy atom. The van der Waals surface area contributed by atoms with Crippen molar-refractivity contribution in [1.82, 2.24) is 9.97 Å². The van der Waals surface area contributed by atoms with Crippen LogP contribution in [0.2, 0.25) is 0 Å². The molecular formula is C13H11N5O6. The molecule has 2 rings (SSSR count). The van der Waals surface area contributed by atoms with Crippen molar-refractivity contribution in [2.75, 3.05) is 11.9 Å². The first kappa shape index (κ1) is 16.7. The van der Waals surface area contributed by atoms with Crippen LogP contribution < -0.4 is 10.1 Å². The van der Waals surface area contributed by atoms with Crippen molar-refractivity contribution in [2.24, 2.45) is 0 Å². The number of nitro benzene ring substituents is 2. The lowest BCUT2D eigenvalue weighted by atomic mass is 10.1. The van der Waals surface area contributed by atoms with E-state index in [1.807, 2.05) is 0 Å². The second kappa shape index (κ2) is 7.09. The summed E-state index contributed by atoms with van der Waals surface area (Å²) >= 11 is 0. The number of hydrogen-bond donors (Lipinski definition) is 1. The maximum atomic E-state index is 12.1. The van der Waals surface area contributed by atoms with E-state index in [4.69, 9.17) is 4.74 Å². The Kier molecular flexibility index (Phi) is 4.94. The molecule has 0 aliphatic heterocycles. The van der Waals surface area contributed by atoms with E-state index in [-0.39, 0.29) is 17.3 Å². The number of non-ortho nitro benzene ring substituents is 2. The molecule has 11 heteroatoms. The molecule has 0 saturated heterocycles. The number of amides is 1. The molecule has 0 spiro atoms. The molecule has 0 aliphatic carbocycles. The van der Waals surface area contributed by atoms with Gasteiger partial charge < -0.3 is 10.1 Å². The largest absolute Gasteiger partial charge is 0.464 e. The molecule has 0 atom stereocenters. The van der Waals surface area contributed by atoms with Crippen molar-refractivity contribution >= 4 is 23.0 Å². The third-order valence-corrected chi connectivity index (χ3v) is 2.75. The summed E-state index contributed by atoms with van der Waals surface area (Å²) in [5.74, 6) is -0.769. The maximum absolute atomic E-state index is 12.1. The summed E-state index contributed by atoms with van der Waals surface area (Å²) in [4.78, 5) is 39.8. The van der Waals surface area contributed by atoms with Gasteiger partial charge in [-0.25, -0.2) is 9.97 Å². The van der Waals surface area contributed by atoms with Crippen LogP contribution in [-0.2, 0) is 0 Å². The second-order valence-electron chi connectivity index (χ2n) is 4.39. The number of nitrogens with zero attached hydrogens (tertiary/aromatic N) is 4. The number of carbonyl (C=O) groups is 1. The number of nitro groups is 2. The molecule has 0 radical (unpaired) electrons. The molecule has 0 unspecified atom stereocenters. The number of ether oxygens (including phenoxy) is 1. The van der Waals surface area contributed by atoms with Gasteiger partial charge in [0, 0.05) is 12.1 Å². The summed E-state index contributed by atoms with van der Waals surface area (Å²) in [6, 6.07) is 2.79. The molecular weight excluding hydrogens is 322 g/mol. The Labute approximate surface area is 134 Å². The van der Waals surface area contributed by atoms with Crippen LogP contribution in [0.1, 0.15) is 17.3 Å². The average molecular weight is 333 g/mol. The fraction of sp³-hybridized carbons (Fsp3) is 0.154. The molecule has 24 heavy (non-hydrogen) atoms. The highest BCUT2D eigenvalue weighted by atomic mass is 16.6. The van der Waals surface area contributed by atoms with Gasteiger partial charge in [-0.15, -0.1) is 0 Å². The summed E-state index contributed by atoms with van der Waals surface area (Å²) in [7, 11) is 0. The predicted octanol–water partition coefficient (Wildman–Crippen LogP) is 1.94. The molecule has 1 amide bonds. The predicted molar refractivity (Wildman–Crippen MR) is 80.9 cm³/mol. The van der Waals surface area contributed by atoms with Gasteiger partial charge in [0.15, 0.2) is 0 Å². The highest BCUT2D eigenvalue weighted by molar-refractivity contribution is 6.05. The molecule has 0 saturated carbocycles. The van der Waals surface area contributed by atoms with Gasteiger partial charge in [0.05, 0.1) is 46.2 Å². The van der Waals surface area contributed by atoms with Crippen LogP contribution in [0.5, 0.6) is 6.01 Å². The molecule has 124 valence electrons. The zero-order valence-corrected chi connectivity index (χ0v) is 12.3. The number of rotatable bonds is 6. The minimum atomic E-state index is -0.816. The lowest BCUT2D eigenvalue weighted by molar-refractivity contribution is -0.394. The second-order valence-corrected chi connectivity index (χ2v) is 4.39. The molecule has 1 aromatic carbocycles. The molecule has 1 N–H and O–H groups in total.